The quantitative estimate of drug-likeness (QED) is 0.0278. The van der Waals surface area contributed by atoms with Gasteiger partial charge in [-0.15, -0.1) is 0 Å². The van der Waals surface area contributed by atoms with Crippen molar-refractivity contribution >= 4 is 41.6 Å². The Morgan fingerprint density at radius 1 is 1.05 bits per heavy atom. The summed E-state index contributed by atoms with van der Waals surface area (Å²) in [6.45, 7) is 9.20. The molecule has 13 heteroatoms. The number of nitrogens with zero attached hydrogens (tertiary/aromatic N) is 6. The molecule has 0 atom stereocenters. The zero-order valence-corrected chi connectivity index (χ0v) is 33.5. The van der Waals surface area contributed by atoms with Crippen LogP contribution < -0.4 is 21.8 Å². The van der Waals surface area contributed by atoms with Crippen LogP contribution in [-0.2, 0) is 14.4 Å². The third-order valence-corrected chi connectivity index (χ3v) is 8.98. The molecule has 3 aliphatic rings. The molecule has 2 saturated carbocycles. The van der Waals surface area contributed by atoms with Gasteiger partial charge in [0, 0.05) is 42.3 Å². The average molecular weight is 775 g/mol. The summed E-state index contributed by atoms with van der Waals surface area (Å²) < 4.78 is 3.62. The van der Waals surface area contributed by atoms with Crippen LogP contribution in [-0.4, -0.2) is 82.0 Å². The number of aromatic nitrogens is 4. The number of rotatable bonds is 18. The number of carbonyl (C=O) groups excluding carboxylic acids is 3. The van der Waals surface area contributed by atoms with E-state index in [1.54, 1.807) is 31.4 Å². The first-order valence-electron chi connectivity index (χ1n) is 19.7. The second-order valence-electron chi connectivity index (χ2n) is 13.9. The van der Waals surface area contributed by atoms with Gasteiger partial charge in [0.1, 0.15) is 17.9 Å². The van der Waals surface area contributed by atoms with E-state index in [2.05, 4.69) is 45.0 Å². The molecule has 0 radical (unpaired) electrons. The zero-order valence-electron chi connectivity index (χ0n) is 33.5. The molecule has 0 spiro atoms. The van der Waals surface area contributed by atoms with Crippen molar-refractivity contribution in [1.29, 1.82) is 0 Å². The highest BCUT2D eigenvalue weighted by atomic mass is 16.2. The number of hydrazone groups is 1. The fourth-order valence-corrected chi connectivity index (χ4v) is 5.62. The highest BCUT2D eigenvalue weighted by Gasteiger charge is 2.29. The Hall–Kier alpha value is -5.92. The highest BCUT2D eigenvalue weighted by Crippen LogP contribution is 2.41. The van der Waals surface area contributed by atoms with E-state index in [0.29, 0.717) is 29.8 Å². The molecule has 0 unspecified atom stereocenters. The number of carbonyl (C=O) groups is 3. The molecule has 6 rings (SSSR count). The van der Waals surface area contributed by atoms with Gasteiger partial charge in [0.05, 0.1) is 35.9 Å². The summed E-state index contributed by atoms with van der Waals surface area (Å²) in [4.78, 5) is 36.7. The number of benzene rings is 1. The Morgan fingerprint density at radius 3 is 2.44 bits per heavy atom. The molecule has 2 heterocycles. The molecule has 2 amide bonds. The monoisotopic (exact) mass is 774 g/mol. The number of amides is 2. The lowest BCUT2D eigenvalue weighted by Gasteiger charge is -2.19. The molecular formula is C44H58N10O3. The topological polar surface area (TPSA) is 165 Å². The highest BCUT2D eigenvalue weighted by molar-refractivity contribution is 5.93. The largest absolute Gasteiger partial charge is 0.384 e. The van der Waals surface area contributed by atoms with Crippen LogP contribution >= 0.6 is 0 Å². The smallest absolute Gasteiger partial charge is 0.267 e. The van der Waals surface area contributed by atoms with Gasteiger partial charge in [0.15, 0.2) is 0 Å². The van der Waals surface area contributed by atoms with Gasteiger partial charge in [-0.1, -0.05) is 68.2 Å². The number of hydrogen-bond donors (Lipinski definition) is 4. The van der Waals surface area contributed by atoms with Gasteiger partial charge in [-0.3, -0.25) is 14.5 Å². The number of allylic oxidation sites excluding steroid dienone is 10. The molecule has 1 aromatic carbocycles. The van der Waals surface area contributed by atoms with Crippen LogP contribution in [0.25, 0.3) is 11.4 Å². The van der Waals surface area contributed by atoms with E-state index < -0.39 is 0 Å². The molecule has 3 aromatic rings. The summed E-state index contributed by atoms with van der Waals surface area (Å²) in [6.07, 6.45) is 27.0. The summed E-state index contributed by atoms with van der Waals surface area (Å²) in [5, 5.41) is 19.1. The van der Waals surface area contributed by atoms with Crippen molar-refractivity contribution in [2.75, 3.05) is 44.3 Å². The Labute approximate surface area is 336 Å². The molecule has 13 nitrogen and oxygen atoms in total. The number of hydrogen-bond acceptors (Lipinski definition) is 9. The molecule has 2 aromatic heterocycles. The molecule has 57 heavy (non-hydrogen) atoms. The van der Waals surface area contributed by atoms with Gasteiger partial charge in [-0.25, -0.2) is 14.8 Å². The zero-order chi connectivity index (χ0) is 40.8. The third kappa shape index (κ3) is 15.3. The summed E-state index contributed by atoms with van der Waals surface area (Å²) in [5.41, 5.74) is 13.0. The number of aldehydes is 1. The summed E-state index contributed by atoms with van der Waals surface area (Å²) >= 11 is 0. The molecule has 0 aliphatic heterocycles. The van der Waals surface area contributed by atoms with Crippen LogP contribution in [0.5, 0.6) is 0 Å². The molecule has 5 N–H and O–H groups in total. The minimum absolute atomic E-state index is 0.136. The molecule has 0 bridgehead atoms. The molecule has 0 saturated heterocycles. The van der Waals surface area contributed by atoms with Gasteiger partial charge >= 0.3 is 0 Å². The Bertz CT molecular complexity index is 1940. The lowest BCUT2D eigenvalue weighted by Crippen LogP contribution is -2.36. The van der Waals surface area contributed by atoms with Crippen LogP contribution in [0.2, 0.25) is 0 Å². The second-order valence-corrected chi connectivity index (χ2v) is 13.9. The van der Waals surface area contributed by atoms with E-state index in [-0.39, 0.29) is 24.9 Å². The van der Waals surface area contributed by atoms with Crippen molar-refractivity contribution in [3.8, 4) is 5.69 Å². The Morgan fingerprint density at radius 2 is 1.77 bits per heavy atom. The van der Waals surface area contributed by atoms with Gasteiger partial charge in [0.25, 0.3) is 5.91 Å². The van der Waals surface area contributed by atoms with Crippen molar-refractivity contribution in [2.45, 2.75) is 70.6 Å². The van der Waals surface area contributed by atoms with Gasteiger partial charge in [0.2, 0.25) is 5.91 Å². The van der Waals surface area contributed by atoms with Gasteiger partial charge in [-0.2, -0.15) is 15.3 Å². The minimum Gasteiger partial charge on any atom is -0.384 e. The van der Waals surface area contributed by atoms with Crippen molar-refractivity contribution in [3.05, 3.63) is 121 Å². The van der Waals surface area contributed by atoms with Crippen molar-refractivity contribution in [3.63, 3.8) is 0 Å². The third-order valence-electron chi connectivity index (χ3n) is 8.98. The van der Waals surface area contributed by atoms with Gasteiger partial charge in [-0.05, 0) is 95.8 Å². The van der Waals surface area contributed by atoms with E-state index in [1.165, 1.54) is 12.8 Å². The van der Waals surface area contributed by atoms with E-state index in [9.17, 15) is 14.4 Å². The van der Waals surface area contributed by atoms with E-state index in [4.69, 9.17) is 10.8 Å². The number of nitrogens with one attached hydrogen (secondary N) is 3. The Kier molecular flexibility index (Phi) is 18.3. The molecule has 3 aliphatic carbocycles. The first kappa shape index (κ1) is 43.8. The second kappa shape index (κ2) is 23.9. The van der Waals surface area contributed by atoms with Crippen LogP contribution in [0.15, 0.2) is 114 Å². The summed E-state index contributed by atoms with van der Waals surface area (Å²) in [5.74, 6) is 2.20. The van der Waals surface area contributed by atoms with Crippen LogP contribution in [0.3, 0.4) is 0 Å². The van der Waals surface area contributed by atoms with Crippen molar-refractivity contribution in [2.24, 2.45) is 5.10 Å². The number of nitrogen functional groups attached to an aromatic ring is 1. The maximum Gasteiger partial charge on any atom is 0.267 e. The predicted octanol–water partition coefficient (Wildman–Crippen LogP) is 6.69. The van der Waals surface area contributed by atoms with Crippen LogP contribution in [0.4, 0.5) is 11.6 Å². The summed E-state index contributed by atoms with van der Waals surface area (Å²) in [7, 11) is 1.89. The number of nitrogens with two attached hydrogens (primary N) is 1. The van der Waals surface area contributed by atoms with E-state index >= 15 is 0 Å². The first-order chi connectivity index (χ1) is 27.8. The fourth-order valence-electron chi connectivity index (χ4n) is 5.62. The first-order valence-corrected chi connectivity index (χ1v) is 19.7. The average Bonchev–Trinajstić information content (AvgIpc) is 4.15. The standard InChI is InChI=1S/C21H29N5O2.C12H13N3.C11H16N2O/c1-22-11-6-12-25(13-14-27)16-21(28)23-20-15-19(17-9-10-17)24-26(20)18-7-4-2-3-5-8-18;13-12-8-11(9-6-7-9)14-15(12)10-4-2-1-3-5-10;1-4-6-7-9-12-13-11(14)10(3)8-5-2/h2,4-5,7-8,14-15,17,22H,3,6,9-13,16H2,1H3,(H,23,28);1-5,8-9H,6-7,13H2;5-9H,2,4H2,1,3H3,(H,13,14)/b;;7-6+,10-8+,12-9-. The maximum atomic E-state index is 12.7. The molecule has 2 fully saturated rings. The molecular weight excluding hydrogens is 717 g/mol. The van der Waals surface area contributed by atoms with E-state index in [1.807, 2.05) is 95.0 Å². The van der Waals surface area contributed by atoms with Crippen LogP contribution in [0, 0.1) is 0 Å². The van der Waals surface area contributed by atoms with Crippen molar-refractivity contribution in [1.82, 2.24) is 35.2 Å². The van der Waals surface area contributed by atoms with Crippen molar-refractivity contribution < 1.29 is 14.4 Å². The number of para-hydroxylation sites is 1. The lowest BCUT2D eigenvalue weighted by molar-refractivity contribution is -0.118. The Balaban J connectivity index is 0.000000209. The normalized spacial score (nSPS) is 15.0. The number of anilines is 2. The lowest BCUT2D eigenvalue weighted by atomic mass is 10.3. The SMILES string of the molecule is C=C/C=C(\C)C(=O)N/N=C\C=C\CC.CNCCCN(CC=O)CC(=O)Nc1cc(C2CC2)nn1C1=CC=CCC=C1.Nc1cc(C2CC2)nn1-c1ccccc1. The summed E-state index contributed by atoms with van der Waals surface area (Å²) in [6, 6.07) is 14.0. The molecule has 302 valence electrons. The van der Waals surface area contributed by atoms with Crippen LogP contribution in [0.1, 0.15) is 82.0 Å². The minimum atomic E-state index is -0.217. The fraction of sp³-hybridized carbons (Fsp3) is 0.364. The predicted molar refractivity (Wildman–Crippen MR) is 231 cm³/mol. The van der Waals surface area contributed by atoms with Gasteiger partial charge < -0.3 is 21.2 Å². The maximum absolute atomic E-state index is 12.7. The van der Waals surface area contributed by atoms with E-state index in [0.717, 1.165) is 73.5 Å².